The van der Waals surface area contributed by atoms with Crippen molar-refractivity contribution in [2.24, 2.45) is 5.92 Å². The Morgan fingerprint density at radius 1 is 1.23 bits per heavy atom. The molecule has 1 nitrogen and oxygen atoms in total. The van der Waals surface area contributed by atoms with Gasteiger partial charge in [-0.05, 0) is 6.16 Å². The SMILES string of the molecule is C.C.C.C[N-]CC(C)CP.[CH2-]C.[W+2]. The second-order valence-electron chi connectivity index (χ2n) is 1.84. The second-order valence-corrected chi connectivity index (χ2v) is 2.31. The van der Waals surface area contributed by atoms with Gasteiger partial charge in [0.2, 0.25) is 0 Å². The van der Waals surface area contributed by atoms with Gasteiger partial charge in [-0.1, -0.05) is 35.1 Å². The van der Waals surface area contributed by atoms with Crippen LogP contribution in [-0.2, 0) is 21.1 Å². The minimum Gasteiger partial charge on any atom is -0.665 e. The second kappa shape index (κ2) is 38.1. The molecule has 0 N–H and O–H groups in total. The molecule has 0 heterocycles. The van der Waals surface area contributed by atoms with Gasteiger partial charge in [0.05, 0.1) is 0 Å². The normalized spacial score (nSPS) is 8.08. The van der Waals surface area contributed by atoms with Crippen LogP contribution in [-0.4, -0.2) is 19.8 Å². The van der Waals surface area contributed by atoms with Crippen LogP contribution in [0.1, 0.15) is 36.1 Å². The zero-order valence-corrected chi connectivity index (χ0v) is 11.2. The van der Waals surface area contributed by atoms with E-state index in [1.807, 2.05) is 7.05 Å². The van der Waals surface area contributed by atoms with Crippen molar-refractivity contribution in [2.45, 2.75) is 36.1 Å². The zero-order valence-electron chi connectivity index (χ0n) is 7.13. The Balaban J connectivity index is -0.0000000191. The summed E-state index contributed by atoms with van der Waals surface area (Å²) in [6.45, 7) is 8.20. The fourth-order valence-corrected chi connectivity index (χ4v) is 0.535. The summed E-state index contributed by atoms with van der Waals surface area (Å²) in [6.07, 6.45) is 1.16. The van der Waals surface area contributed by atoms with Gasteiger partial charge >= 0.3 is 21.1 Å². The standard InChI is InChI=1S/C5H13NP.C2H5.3CH4.W/c1-5(4-7)3-6-2;1-2;;;;/h5H,3-4,7H2,1-2H3;1H2,2H3;3*1H4;/q2*-1;;;;+2. The number of hydrogen-bond acceptors (Lipinski definition) is 0. The van der Waals surface area contributed by atoms with Crippen LogP contribution in [0.4, 0.5) is 0 Å². The molecule has 0 saturated carbocycles. The minimum absolute atomic E-state index is 0. The van der Waals surface area contributed by atoms with E-state index in [1.54, 1.807) is 6.92 Å². The summed E-state index contributed by atoms with van der Waals surface area (Å²) in [7, 11) is 4.57. The maximum absolute atomic E-state index is 3.99. The van der Waals surface area contributed by atoms with Crippen molar-refractivity contribution in [3.8, 4) is 0 Å². The monoisotopic (exact) mass is 379 g/mol. The quantitative estimate of drug-likeness (QED) is 0.514. The minimum atomic E-state index is 0. The third kappa shape index (κ3) is 43.4. The Bertz CT molecular complexity index is 45.9. The van der Waals surface area contributed by atoms with E-state index in [1.165, 1.54) is 0 Å². The molecule has 0 rings (SSSR count). The fourth-order valence-electron chi connectivity index (χ4n) is 0.386. The molecule has 0 radical (unpaired) electrons. The molecule has 0 aliphatic carbocycles. The molecule has 0 aliphatic heterocycles. The molecule has 0 aliphatic rings. The predicted molar refractivity (Wildman–Crippen MR) is 69.1 cm³/mol. The first-order chi connectivity index (χ1) is 4.31. The first-order valence-corrected chi connectivity index (χ1v) is 4.09. The van der Waals surface area contributed by atoms with E-state index < -0.39 is 0 Å². The maximum atomic E-state index is 3.99. The number of rotatable bonds is 3. The molecular weight excluding hydrogens is 349 g/mol. The van der Waals surface area contributed by atoms with Crippen LogP contribution in [0.3, 0.4) is 0 Å². The van der Waals surface area contributed by atoms with Gasteiger partial charge in [-0.2, -0.15) is 14.0 Å². The van der Waals surface area contributed by atoms with Crippen molar-refractivity contribution in [1.29, 1.82) is 0 Å². The molecule has 0 aromatic heterocycles. The molecule has 0 amide bonds. The van der Waals surface area contributed by atoms with E-state index in [0.29, 0.717) is 0 Å². The van der Waals surface area contributed by atoms with E-state index in [0.717, 1.165) is 18.6 Å². The van der Waals surface area contributed by atoms with Crippen molar-refractivity contribution < 1.29 is 21.1 Å². The molecule has 0 spiro atoms. The van der Waals surface area contributed by atoms with Gasteiger partial charge in [0, 0.05) is 0 Å². The molecule has 13 heavy (non-hydrogen) atoms. The number of hydrogen-bond donors (Lipinski definition) is 0. The van der Waals surface area contributed by atoms with E-state index in [-0.39, 0.29) is 43.3 Å². The molecule has 0 saturated heterocycles. The molecular formula is C10H30NPW. The zero-order chi connectivity index (χ0) is 7.70. The van der Waals surface area contributed by atoms with Crippen molar-refractivity contribution in [3.05, 3.63) is 12.2 Å². The first-order valence-electron chi connectivity index (χ1n) is 3.27. The van der Waals surface area contributed by atoms with Crippen LogP contribution in [0.15, 0.2) is 0 Å². The third-order valence-electron chi connectivity index (χ3n) is 0.897. The molecule has 0 fully saturated rings. The van der Waals surface area contributed by atoms with Crippen LogP contribution >= 0.6 is 9.24 Å². The molecule has 0 aromatic rings. The molecule has 3 heteroatoms. The van der Waals surface area contributed by atoms with E-state index in [9.17, 15) is 0 Å². The van der Waals surface area contributed by atoms with E-state index in [2.05, 4.69) is 28.4 Å². The molecule has 86 valence electrons. The van der Waals surface area contributed by atoms with Crippen molar-refractivity contribution in [2.75, 3.05) is 19.8 Å². The average molecular weight is 379 g/mol. The van der Waals surface area contributed by atoms with Crippen LogP contribution in [0, 0.1) is 12.8 Å². The Morgan fingerprint density at radius 2 is 1.54 bits per heavy atom. The molecule has 0 aromatic carbocycles. The summed E-state index contributed by atoms with van der Waals surface area (Å²) in [5.41, 5.74) is 0. The Kier molecular flexibility index (Phi) is 108. The summed E-state index contributed by atoms with van der Waals surface area (Å²) in [6, 6.07) is 0. The summed E-state index contributed by atoms with van der Waals surface area (Å²) >= 11 is 0. The van der Waals surface area contributed by atoms with Crippen molar-refractivity contribution >= 4 is 9.24 Å². The molecule has 0 bridgehead atoms. The van der Waals surface area contributed by atoms with Crippen LogP contribution in [0.5, 0.6) is 0 Å². The average Bonchev–Trinajstić information content (AvgIpc) is 1.93. The Labute approximate surface area is 104 Å². The van der Waals surface area contributed by atoms with Crippen LogP contribution < -0.4 is 0 Å². The van der Waals surface area contributed by atoms with E-state index in [4.69, 9.17) is 0 Å². The summed E-state index contributed by atoms with van der Waals surface area (Å²) in [5.74, 6) is 0.745. The maximum Gasteiger partial charge on any atom is 2.00 e. The smallest absolute Gasteiger partial charge is 0.665 e. The molecule has 2 unspecified atom stereocenters. The van der Waals surface area contributed by atoms with Gasteiger partial charge in [0.25, 0.3) is 0 Å². The first kappa shape index (κ1) is 36.9. The van der Waals surface area contributed by atoms with Gasteiger partial charge in [-0.3, -0.25) is 0 Å². The van der Waals surface area contributed by atoms with Crippen molar-refractivity contribution in [3.63, 3.8) is 0 Å². The molecule has 2 atom stereocenters. The number of nitrogens with zero attached hydrogens (tertiary/aromatic N) is 1. The van der Waals surface area contributed by atoms with Gasteiger partial charge in [0.15, 0.2) is 0 Å². The van der Waals surface area contributed by atoms with Gasteiger partial charge < -0.3 is 12.2 Å². The summed E-state index contributed by atoms with van der Waals surface area (Å²) < 4.78 is 0. The van der Waals surface area contributed by atoms with E-state index >= 15 is 0 Å². The summed E-state index contributed by atoms with van der Waals surface area (Å²) in [5, 5.41) is 3.99. The Hall–Kier alpha value is 1.08. The van der Waals surface area contributed by atoms with Crippen molar-refractivity contribution in [1.82, 2.24) is 0 Å². The van der Waals surface area contributed by atoms with Crippen LogP contribution in [0.25, 0.3) is 5.32 Å². The van der Waals surface area contributed by atoms with Crippen LogP contribution in [0.2, 0.25) is 0 Å². The third-order valence-corrected chi connectivity index (χ3v) is 1.70. The Morgan fingerprint density at radius 3 is 1.62 bits per heavy atom. The van der Waals surface area contributed by atoms with Gasteiger partial charge in [0.1, 0.15) is 0 Å². The largest absolute Gasteiger partial charge is 2.00 e. The van der Waals surface area contributed by atoms with Gasteiger partial charge in [-0.25, -0.2) is 0 Å². The fraction of sp³-hybridized carbons (Fsp3) is 0.900. The topological polar surface area (TPSA) is 14.1 Å². The predicted octanol–water partition coefficient (Wildman–Crippen LogP) is 4.25. The van der Waals surface area contributed by atoms with Gasteiger partial charge in [-0.15, -0.1) is 15.8 Å². The summed E-state index contributed by atoms with van der Waals surface area (Å²) in [4.78, 5) is 0.